The predicted octanol–water partition coefficient (Wildman–Crippen LogP) is 3.59. The Morgan fingerprint density at radius 2 is 2.17 bits per heavy atom. The van der Waals surface area contributed by atoms with Crippen molar-refractivity contribution in [1.82, 2.24) is 9.88 Å². The van der Waals surface area contributed by atoms with Crippen molar-refractivity contribution >= 4 is 17.2 Å². The van der Waals surface area contributed by atoms with Gasteiger partial charge in [-0.2, -0.15) is 0 Å². The molecular formula is C14H22N2OS. The Morgan fingerprint density at radius 3 is 2.72 bits per heavy atom. The van der Waals surface area contributed by atoms with Crippen molar-refractivity contribution in [2.45, 2.75) is 58.9 Å². The van der Waals surface area contributed by atoms with Crippen LogP contribution in [0.25, 0.3) is 0 Å². The number of aromatic nitrogens is 1. The lowest BCUT2D eigenvalue weighted by Gasteiger charge is -2.33. The third kappa shape index (κ3) is 2.58. The number of carbonyl (C=O) groups is 1. The number of likely N-dealkylation sites (tertiary alicyclic amines) is 1. The molecule has 2 heterocycles. The van der Waals surface area contributed by atoms with E-state index in [1.54, 1.807) is 11.3 Å². The highest BCUT2D eigenvalue weighted by Crippen LogP contribution is 2.27. The van der Waals surface area contributed by atoms with Gasteiger partial charge in [0.05, 0.1) is 10.7 Å². The molecule has 1 aliphatic heterocycles. The summed E-state index contributed by atoms with van der Waals surface area (Å²) >= 11 is 1.57. The molecule has 1 aromatic rings. The lowest BCUT2D eigenvalue weighted by molar-refractivity contribution is 0.0639. The summed E-state index contributed by atoms with van der Waals surface area (Å²) in [5, 5.41) is 1.07. The topological polar surface area (TPSA) is 33.2 Å². The van der Waals surface area contributed by atoms with Gasteiger partial charge in [0, 0.05) is 18.5 Å². The average molecular weight is 266 g/mol. The zero-order valence-electron chi connectivity index (χ0n) is 11.7. The first kappa shape index (κ1) is 13.5. The highest BCUT2D eigenvalue weighted by molar-refractivity contribution is 7.13. The molecule has 100 valence electrons. The first-order valence-electron chi connectivity index (χ1n) is 6.79. The second-order valence-electron chi connectivity index (χ2n) is 5.46. The predicted molar refractivity (Wildman–Crippen MR) is 75.3 cm³/mol. The van der Waals surface area contributed by atoms with Crippen molar-refractivity contribution in [3.63, 3.8) is 0 Å². The van der Waals surface area contributed by atoms with Gasteiger partial charge >= 0.3 is 0 Å². The zero-order valence-corrected chi connectivity index (χ0v) is 12.5. The maximum Gasteiger partial charge on any atom is 0.266 e. The number of rotatable bonds is 2. The summed E-state index contributed by atoms with van der Waals surface area (Å²) < 4.78 is 0. The molecule has 0 aliphatic carbocycles. The number of carbonyl (C=O) groups excluding carboxylic acids is 1. The smallest absolute Gasteiger partial charge is 0.266 e. The van der Waals surface area contributed by atoms with Crippen LogP contribution in [0.5, 0.6) is 0 Å². The van der Waals surface area contributed by atoms with E-state index in [1.165, 1.54) is 6.42 Å². The Bertz CT molecular complexity index is 439. The van der Waals surface area contributed by atoms with E-state index in [0.717, 1.165) is 35.0 Å². The van der Waals surface area contributed by atoms with E-state index >= 15 is 0 Å². The fraction of sp³-hybridized carbons (Fsp3) is 0.714. The van der Waals surface area contributed by atoms with Crippen LogP contribution in [0, 0.1) is 6.92 Å². The van der Waals surface area contributed by atoms with Gasteiger partial charge in [-0.25, -0.2) is 4.98 Å². The summed E-state index contributed by atoms with van der Waals surface area (Å²) in [5.74, 6) is 0.582. The van der Waals surface area contributed by atoms with Crippen molar-refractivity contribution in [3.8, 4) is 0 Å². The molecular weight excluding hydrogens is 244 g/mol. The molecule has 3 nitrogen and oxygen atoms in total. The highest BCUT2D eigenvalue weighted by Gasteiger charge is 2.27. The summed E-state index contributed by atoms with van der Waals surface area (Å²) in [7, 11) is 0. The van der Waals surface area contributed by atoms with E-state index in [4.69, 9.17) is 0 Å². The van der Waals surface area contributed by atoms with Crippen molar-refractivity contribution in [2.24, 2.45) is 0 Å². The van der Waals surface area contributed by atoms with Gasteiger partial charge in [0.2, 0.25) is 0 Å². The molecule has 1 atom stereocenters. The Labute approximate surface area is 113 Å². The van der Waals surface area contributed by atoms with Crippen molar-refractivity contribution < 1.29 is 4.79 Å². The Morgan fingerprint density at radius 1 is 1.44 bits per heavy atom. The molecule has 0 unspecified atom stereocenters. The van der Waals surface area contributed by atoms with Gasteiger partial charge in [-0.15, -0.1) is 11.3 Å². The van der Waals surface area contributed by atoms with Gasteiger partial charge in [0.15, 0.2) is 0 Å². The van der Waals surface area contributed by atoms with E-state index < -0.39 is 0 Å². The minimum Gasteiger partial charge on any atom is -0.335 e. The summed E-state index contributed by atoms with van der Waals surface area (Å²) in [4.78, 5) is 19.9. The Kier molecular flexibility index (Phi) is 4.05. The van der Waals surface area contributed by atoms with E-state index in [-0.39, 0.29) is 5.91 Å². The average Bonchev–Trinajstić information content (AvgIpc) is 2.71. The summed E-state index contributed by atoms with van der Waals surface area (Å²) in [5.41, 5.74) is 0.895. The molecule has 0 radical (unpaired) electrons. The molecule has 1 aromatic heterocycles. The minimum absolute atomic E-state index is 0.184. The van der Waals surface area contributed by atoms with Crippen LogP contribution in [0.2, 0.25) is 0 Å². The van der Waals surface area contributed by atoms with E-state index in [0.29, 0.717) is 12.0 Å². The molecule has 0 N–H and O–H groups in total. The van der Waals surface area contributed by atoms with Gasteiger partial charge in [0.1, 0.15) is 4.88 Å². The largest absolute Gasteiger partial charge is 0.335 e. The third-order valence-corrected chi connectivity index (χ3v) is 5.01. The number of hydrogen-bond donors (Lipinski definition) is 0. The molecule has 2 rings (SSSR count). The number of piperidine rings is 1. The SMILES string of the molecule is Cc1nc(C(C)C)sc1C(=O)N1CCCC[C@H]1C. The van der Waals surface area contributed by atoms with Crippen LogP contribution >= 0.6 is 11.3 Å². The van der Waals surface area contributed by atoms with Crippen LogP contribution in [0.3, 0.4) is 0 Å². The lowest BCUT2D eigenvalue weighted by atomic mass is 10.0. The number of nitrogens with zero attached hydrogens (tertiary/aromatic N) is 2. The van der Waals surface area contributed by atoms with Gasteiger partial charge in [-0.05, 0) is 33.1 Å². The van der Waals surface area contributed by atoms with Crippen LogP contribution < -0.4 is 0 Å². The summed E-state index contributed by atoms with van der Waals surface area (Å²) in [6.45, 7) is 9.24. The molecule has 18 heavy (non-hydrogen) atoms. The third-order valence-electron chi connectivity index (χ3n) is 3.57. The van der Waals surface area contributed by atoms with Crippen molar-refractivity contribution in [1.29, 1.82) is 0 Å². The Hall–Kier alpha value is -0.900. The molecule has 0 aromatic carbocycles. The molecule has 0 bridgehead atoms. The van der Waals surface area contributed by atoms with Gasteiger partial charge < -0.3 is 4.90 Å². The van der Waals surface area contributed by atoms with Crippen LogP contribution in [0.1, 0.15) is 66.3 Å². The quantitative estimate of drug-likeness (QED) is 0.819. The number of thiazole rings is 1. The highest BCUT2D eigenvalue weighted by atomic mass is 32.1. The molecule has 0 saturated carbocycles. The lowest BCUT2D eigenvalue weighted by Crippen LogP contribution is -2.41. The molecule has 1 aliphatic rings. The standard InChI is InChI=1S/C14H22N2OS/c1-9(2)13-15-11(4)12(18-13)14(17)16-8-6-5-7-10(16)3/h9-10H,5-8H2,1-4H3/t10-/m1/s1. The summed E-state index contributed by atoms with van der Waals surface area (Å²) in [6.07, 6.45) is 3.50. The van der Waals surface area contributed by atoms with Crippen LogP contribution in [-0.2, 0) is 0 Å². The molecule has 4 heteroatoms. The molecule has 0 spiro atoms. The van der Waals surface area contributed by atoms with Gasteiger partial charge in [0.25, 0.3) is 5.91 Å². The molecule has 1 saturated heterocycles. The van der Waals surface area contributed by atoms with Crippen LogP contribution in [-0.4, -0.2) is 28.4 Å². The molecule has 1 fully saturated rings. The number of amides is 1. The van der Waals surface area contributed by atoms with Crippen molar-refractivity contribution in [3.05, 3.63) is 15.6 Å². The number of hydrogen-bond acceptors (Lipinski definition) is 3. The Balaban J connectivity index is 2.22. The second kappa shape index (κ2) is 5.39. The fourth-order valence-electron chi connectivity index (χ4n) is 2.39. The first-order chi connectivity index (χ1) is 8.50. The minimum atomic E-state index is 0.184. The van der Waals surface area contributed by atoms with E-state index in [1.807, 2.05) is 11.8 Å². The normalized spacial score (nSPS) is 20.5. The second-order valence-corrected chi connectivity index (χ2v) is 6.50. The zero-order chi connectivity index (χ0) is 13.3. The van der Waals surface area contributed by atoms with Gasteiger partial charge in [-0.1, -0.05) is 13.8 Å². The fourth-order valence-corrected chi connectivity index (χ4v) is 3.42. The van der Waals surface area contributed by atoms with Crippen LogP contribution in [0.4, 0.5) is 0 Å². The monoisotopic (exact) mass is 266 g/mol. The maximum absolute atomic E-state index is 12.6. The summed E-state index contributed by atoms with van der Waals surface area (Å²) in [6, 6.07) is 0.371. The first-order valence-corrected chi connectivity index (χ1v) is 7.60. The maximum atomic E-state index is 12.6. The van der Waals surface area contributed by atoms with Gasteiger partial charge in [-0.3, -0.25) is 4.79 Å². The van der Waals surface area contributed by atoms with Crippen LogP contribution in [0.15, 0.2) is 0 Å². The number of aryl methyl sites for hydroxylation is 1. The molecule has 1 amide bonds. The van der Waals surface area contributed by atoms with Crippen molar-refractivity contribution in [2.75, 3.05) is 6.54 Å². The van der Waals surface area contributed by atoms with E-state index in [9.17, 15) is 4.79 Å². The van der Waals surface area contributed by atoms with E-state index in [2.05, 4.69) is 25.8 Å².